The second-order valence-electron chi connectivity index (χ2n) is 3.87. The minimum atomic E-state index is -0.275. The quantitative estimate of drug-likeness (QED) is 0.797. The topological polar surface area (TPSA) is 29.5 Å². The Morgan fingerprint density at radius 3 is 2.29 bits per heavy atom. The van der Waals surface area contributed by atoms with Crippen molar-refractivity contribution >= 4 is 0 Å². The fraction of sp³-hybridized carbons (Fsp3) is 0.200. The standard InChI is InChI=1S/C15H16O2/c16-12-17-15-9-5-4-8-14(15)11-10-13-6-2-1-3-7-13/h1-9,16H,10-12H2. The molecule has 0 unspecified atom stereocenters. The molecule has 0 atom stereocenters. The first-order valence-corrected chi connectivity index (χ1v) is 5.75. The van der Waals surface area contributed by atoms with Gasteiger partial charge in [-0.1, -0.05) is 48.5 Å². The van der Waals surface area contributed by atoms with Gasteiger partial charge in [0.25, 0.3) is 0 Å². The summed E-state index contributed by atoms with van der Waals surface area (Å²) in [6.07, 6.45) is 1.90. The monoisotopic (exact) mass is 228 g/mol. The van der Waals surface area contributed by atoms with Gasteiger partial charge in [0.1, 0.15) is 5.75 Å². The lowest BCUT2D eigenvalue weighted by molar-refractivity contribution is 0.0976. The molecule has 0 aliphatic rings. The maximum atomic E-state index is 8.81. The molecule has 17 heavy (non-hydrogen) atoms. The summed E-state index contributed by atoms with van der Waals surface area (Å²) in [6.45, 7) is -0.275. The van der Waals surface area contributed by atoms with Gasteiger partial charge in [-0.15, -0.1) is 0 Å². The first-order chi connectivity index (χ1) is 8.40. The Bertz CT molecular complexity index is 451. The van der Waals surface area contributed by atoms with Crippen molar-refractivity contribution < 1.29 is 9.84 Å². The molecule has 2 nitrogen and oxygen atoms in total. The molecule has 2 aromatic rings. The first-order valence-electron chi connectivity index (χ1n) is 5.75. The zero-order valence-corrected chi connectivity index (χ0v) is 9.67. The van der Waals surface area contributed by atoms with Gasteiger partial charge in [-0.25, -0.2) is 0 Å². The Balaban J connectivity index is 2.03. The maximum absolute atomic E-state index is 8.81. The van der Waals surface area contributed by atoms with E-state index in [1.807, 2.05) is 42.5 Å². The van der Waals surface area contributed by atoms with Crippen molar-refractivity contribution in [3.05, 3.63) is 65.7 Å². The van der Waals surface area contributed by atoms with Crippen molar-refractivity contribution in [3.63, 3.8) is 0 Å². The van der Waals surface area contributed by atoms with Crippen molar-refractivity contribution in [3.8, 4) is 5.75 Å². The number of rotatable bonds is 5. The molecule has 0 amide bonds. The van der Waals surface area contributed by atoms with Crippen LogP contribution in [0.1, 0.15) is 11.1 Å². The highest BCUT2D eigenvalue weighted by Crippen LogP contribution is 2.19. The Morgan fingerprint density at radius 1 is 0.824 bits per heavy atom. The van der Waals surface area contributed by atoms with Gasteiger partial charge in [-0.3, -0.25) is 0 Å². The molecular formula is C15H16O2. The van der Waals surface area contributed by atoms with Crippen LogP contribution in [-0.2, 0) is 12.8 Å². The van der Waals surface area contributed by atoms with Gasteiger partial charge in [0.15, 0.2) is 6.79 Å². The van der Waals surface area contributed by atoms with E-state index in [1.54, 1.807) is 0 Å². The predicted molar refractivity (Wildman–Crippen MR) is 68.0 cm³/mol. The Kier molecular flexibility index (Phi) is 4.17. The molecule has 2 heteroatoms. The highest BCUT2D eigenvalue weighted by molar-refractivity contribution is 5.34. The lowest BCUT2D eigenvalue weighted by atomic mass is 10.0. The third-order valence-corrected chi connectivity index (χ3v) is 2.72. The highest BCUT2D eigenvalue weighted by atomic mass is 16.6. The van der Waals surface area contributed by atoms with Gasteiger partial charge in [0.2, 0.25) is 0 Å². The van der Waals surface area contributed by atoms with E-state index >= 15 is 0 Å². The van der Waals surface area contributed by atoms with Crippen LogP contribution in [0.4, 0.5) is 0 Å². The molecule has 2 rings (SSSR count). The third kappa shape index (κ3) is 3.33. The largest absolute Gasteiger partial charge is 0.467 e. The van der Waals surface area contributed by atoms with E-state index in [-0.39, 0.29) is 6.79 Å². The molecule has 0 spiro atoms. The number of benzene rings is 2. The summed E-state index contributed by atoms with van der Waals surface area (Å²) >= 11 is 0. The third-order valence-electron chi connectivity index (χ3n) is 2.72. The summed E-state index contributed by atoms with van der Waals surface area (Å²) in [5.74, 6) is 0.769. The Morgan fingerprint density at radius 2 is 1.53 bits per heavy atom. The molecule has 0 fully saturated rings. The normalized spacial score (nSPS) is 10.2. The highest BCUT2D eigenvalue weighted by Gasteiger charge is 2.02. The molecular weight excluding hydrogens is 212 g/mol. The van der Waals surface area contributed by atoms with Crippen LogP contribution in [0.5, 0.6) is 5.75 Å². The number of aliphatic hydroxyl groups is 1. The van der Waals surface area contributed by atoms with Crippen LogP contribution in [-0.4, -0.2) is 11.9 Å². The fourth-order valence-electron chi connectivity index (χ4n) is 1.84. The molecule has 0 saturated heterocycles. The molecule has 0 radical (unpaired) electrons. The number of hydrogen-bond acceptors (Lipinski definition) is 2. The van der Waals surface area contributed by atoms with E-state index in [0.717, 1.165) is 24.2 Å². The van der Waals surface area contributed by atoms with E-state index in [9.17, 15) is 0 Å². The molecule has 0 aliphatic carbocycles. The number of aryl methyl sites for hydroxylation is 2. The predicted octanol–water partition coefficient (Wildman–Crippen LogP) is 2.80. The van der Waals surface area contributed by atoms with E-state index in [2.05, 4.69) is 12.1 Å². The van der Waals surface area contributed by atoms with E-state index < -0.39 is 0 Å². The van der Waals surface area contributed by atoms with Crippen LogP contribution in [0.25, 0.3) is 0 Å². The van der Waals surface area contributed by atoms with Crippen molar-refractivity contribution in [1.82, 2.24) is 0 Å². The van der Waals surface area contributed by atoms with Crippen LogP contribution >= 0.6 is 0 Å². The van der Waals surface area contributed by atoms with Gasteiger partial charge >= 0.3 is 0 Å². The molecule has 88 valence electrons. The lowest BCUT2D eigenvalue weighted by Crippen LogP contribution is -1.99. The summed E-state index contributed by atoms with van der Waals surface area (Å²) in [5.41, 5.74) is 2.44. The van der Waals surface area contributed by atoms with E-state index in [4.69, 9.17) is 9.84 Å². The number of aliphatic hydroxyl groups excluding tert-OH is 1. The summed E-state index contributed by atoms with van der Waals surface area (Å²) in [4.78, 5) is 0. The first kappa shape index (κ1) is 11.7. The summed E-state index contributed by atoms with van der Waals surface area (Å²) < 4.78 is 5.18. The molecule has 0 aliphatic heterocycles. The number of para-hydroxylation sites is 1. The molecule has 2 aromatic carbocycles. The average molecular weight is 228 g/mol. The van der Waals surface area contributed by atoms with Crippen LogP contribution in [0.2, 0.25) is 0 Å². The zero-order chi connectivity index (χ0) is 11.9. The molecule has 1 N–H and O–H groups in total. The molecule has 0 heterocycles. The van der Waals surface area contributed by atoms with Crippen LogP contribution < -0.4 is 4.74 Å². The smallest absolute Gasteiger partial charge is 0.186 e. The van der Waals surface area contributed by atoms with Gasteiger partial charge < -0.3 is 9.84 Å². The second-order valence-corrected chi connectivity index (χ2v) is 3.87. The SMILES string of the molecule is OCOc1ccccc1CCc1ccccc1. The number of ether oxygens (including phenoxy) is 1. The van der Waals surface area contributed by atoms with E-state index in [1.165, 1.54) is 5.56 Å². The van der Waals surface area contributed by atoms with Gasteiger partial charge in [-0.2, -0.15) is 0 Å². The summed E-state index contributed by atoms with van der Waals surface area (Å²) in [5, 5.41) is 8.81. The molecule has 0 saturated carbocycles. The Labute approximate surface area is 101 Å². The summed E-state index contributed by atoms with van der Waals surface area (Å²) in [6, 6.07) is 18.2. The zero-order valence-electron chi connectivity index (χ0n) is 9.67. The second kappa shape index (κ2) is 6.06. The van der Waals surface area contributed by atoms with Crippen LogP contribution in [0.15, 0.2) is 54.6 Å². The van der Waals surface area contributed by atoms with Crippen molar-refractivity contribution in [1.29, 1.82) is 0 Å². The minimum absolute atomic E-state index is 0.275. The fourth-order valence-corrected chi connectivity index (χ4v) is 1.84. The van der Waals surface area contributed by atoms with Gasteiger partial charge in [0.05, 0.1) is 0 Å². The van der Waals surface area contributed by atoms with Gasteiger partial charge in [0, 0.05) is 0 Å². The lowest BCUT2D eigenvalue weighted by Gasteiger charge is -2.09. The van der Waals surface area contributed by atoms with E-state index in [0.29, 0.717) is 0 Å². The molecule has 0 bridgehead atoms. The maximum Gasteiger partial charge on any atom is 0.186 e. The van der Waals surface area contributed by atoms with Crippen molar-refractivity contribution in [2.24, 2.45) is 0 Å². The van der Waals surface area contributed by atoms with Crippen molar-refractivity contribution in [2.45, 2.75) is 12.8 Å². The van der Waals surface area contributed by atoms with Crippen LogP contribution in [0.3, 0.4) is 0 Å². The van der Waals surface area contributed by atoms with Crippen LogP contribution in [0, 0.1) is 0 Å². The Hall–Kier alpha value is -1.80. The van der Waals surface area contributed by atoms with Crippen molar-refractivity contribution in [2.75, 3.05) is 6.79 Å². The summed E-state index contributed by atoms with van der Waals surface area (Å²) in [7, 11) is 0. The molecule has 0 aromatic heterocycles. The number of hydrogen-bond donors (Lipinski definition) is 1. The average Bonchev–Trinajstić information content (AvgIpc) is 2.39. The van der Waals surface area contributed by atoms with Gasteiger partial charge in [-0.05, 0) is 30.0 Å². The minimum Gasteiger partial charge on any atom is -0.467 e.